The summed E-state index contributed by atoms with van der Waals surface area (Å²) in [4.78, 5) is 20.9. The van der Waals surface area contributed by atoms with Gasteiger partial charge in [0.15, 0.2) is 0 Å². The monoisotopic (exact) mass is 198 g/mol. The van der Waals surface area contributed by atoms with E-state index in [9.17, 15) is 9.81 Å². The number of nitrogens with zero attached hydrogens (tertiary/aromatic N) is 4. The van der Waals surface area contributed by atoms with Crippen molar-refractivity contribution in [1.82, 2.24) is 10.0 Å². The second kappa shape index (κ2) is 3.51. The molecule has 78 valence electrons. The number of hydrogen-bond acceptors (Lipinski definition) is 4. The molecule has 0 N–H and O–H groups in total. The van der Waals surface area contributed by atoms with Crippen molar-refractivity contribution in [1.29, 1.82) is 0 Å². The number of piperidine rings is 1. The number of fused-ring (bicyclic) bond motifs is 1. The molecule has 0 spiro atoms. The van der Waals surface area contributed by atoms with E-state index in [4.69, 9.17) is 0 Å². The van der Waals surface area contributed by atoms with Gasteiger partial charge in [0.05, 0.1) is 22.7 Å². The van der Waals surface area contributed by atoms with Gasteiger partial charge in [-0.2, -0.15) is 0 Å². The van der Waals surface area contributed by atoms with Gasteiger partial charge in [-0.1, -0.05) is 0 Å². The smallest absolute Gasteiger partial charge is 0.0565 e. The van der Waals surface area contributed by atoms with Crippen LogP contribution in [0.4, 0.5) is 0 Å². The summed E-state index contributed by atoms with van der Waals surface area (Å²) in [7, 11) is 1.71. The zero-order chi connectivity index (χ0) is 10.1. The van der Waals surface area contributed by atoms with Gasteiger partial charge in [0, 0.05) is 19.5 Å². The van der Waals surface area contributed by atoms with Crippen LogP contribution in [0.2, 0.25) is 0 Å². The first kappa shape index (κ1) is 9.36. The summed E-state index contributed by atoms with van der Waals surface area (Å²) >= 11 is 0. The standard InChI is InChI=1S/C8H14N4O2/c1-11(9-13)7-4-5-12(10-14)8-3-2-6(7)8/h6-8H,2-5H2,1H3. The van der Waals surface area contributed by atoms with E-state index in [1.165, 1.54) is 5.01 Å². The highest BCUT2D eigenvalue weighted by atomic mass is 16.3. The molecule has 0 aromatic rings. The van der Waals surface area contributed by atoms with Crippen molar-refractivity contribution in [3.05, 3.63) is 9.81 Å². The van der Waals surface area contributed by atoms with Crippen molar-refractivity contribution in [2.45, 2.75) is 31.3 Å². The molecule has 0 aromatic carbocycles. The van der Waals surface area contributed by atoms with E-state index in [2.05, 4.69) is 10.6 Å². The topological polar surface area (TPSA) is 65.3 Å². The molecule has 1 heterocycles. The third-order valence-electron chi connectivity index (χ3n) is 3.53. The molecule has 0 amide bonds. The molecule has 0 bridgehead atoms. The molecule has 1 aliphatic heterocycles. The van der Waals surface area contributed by atoms with Crippen molar-refractivity contribution >= 4 is 0 Å². The van der Waals surface area contributed by atoms with Gasteiger partial charge in [-0.05, 0) is 19.3 Å². The lowest BCUT2D eigenvalue weighted by molar-refractivity contribution is -0.0389. The Bertz CT molecular complexity index is 247. The van der Waals surface area contributed by atoms with E-state index < -0.39 is 0 Å². The van der Waals surface area contributed by atoms with E-state index in [-0.39, 0.29) is 12.1 Å². The molecule has 0 aromatic heterocycles. The largest absolute Gasteiger partial charge is 0.260 e. The van der Waals surface area contributed by atoms with Crippen LogP contribution in [0.3, 0.4) is 0 Å². The predicted molar refractivity (Wildman–Crippen MR) is 51.0 cm³/mol. The van der Waals surface area contributed by atoms with Gasteiger partial charge in [-0.3, -0.25) is 10.0 Å². The number of nitroso groups, excluding NO2 is 2. The quantitative estimate of drug-likeness (QED) is 0.503. The summed E-state index contributed by atoms with van der Waals surface area (Å²) in [5, 5.41) is 9.04. The van der Waals surface area contributed by atoms with Crippen LogP contribution in [0.1, 0.15) is 19.3 Å². The van der Waals surface area contributed by atoms with Crippen LogP contribution >= 0.6 is 0 Å². The van der Waals surface area contributed by atoms with Gasteiger partial charge in [-0.15, -0.1) is 9.81 Å². The lowest BCUT2D eigenvalue weighted by atomic mass is 9.71. The molecule has 1 saturated carbocycles. The molecule has 14 heavy (non-hydrogen) atoms. The Balaban J connectivity index is 2.04. The summed E-state index contributed by atoms with van der Waals surface area (Å²) in [5.41, 5.74) is 0. The van der Waals surface area contributed by atoms with Crippen molar-refractivity contribution in [3.63, 3.8) is 0 Å². The molecule has 1 saturated heterocycles. The van der Waals surface area contributed by atoms with Crippen LogP contribution in [0.5, 0.6) is 0 Å². The molecule has 3 atom stereocenters. The summed E-state index contributed by atoms with van der Waals surface area (Å²) in [6.45, 7) is 0.648. The number of hydrogen-bond donors (Lipinski definition) is 0. The average Bonchev–Trinajstić information content (AvgIpc) is 2.17. The SMILES string of the molecule is CN(N=O)C1CCN(N=O)C2CCC12. The molecule has 2 fully saturated rings. The van der Waals surface area contributed by atoms with Crippen molar-refractivity contribution < 1.29 is 0 Å². The maximum Gasteiger partial charge on any atom is 0.0565 e. The zero-order valence-corrected chi connectivity index (χ0v) is 8.17. The fraction of sp³-hybridized carbons (Fsp3) is 1.00. The maximum absolute atomic E-state index is 10.5. The summed E-state index contributed by atoms with van der Waals surface area (Å²) in [6.07, 6.45) is 2.88. The summed E-state index contributed by atoms with van der Waals surface area (Å²) < 4.78 is 0. The normalized spacial score (nSPS) is 35.5. The maximum atomic E-state index is 10.5. The summed E-state index contributed by atoms with van der Waals surface area (Å²) in [6, 6.07) is 0.444. The second-order valence-electron chi connectivity index (χ2n) is 4.06. The Labute approximate surface area is 82.1 Å². The van der Waals surface area contributed by atoms with Gasteiger partial charge in [0.2, 0.25) is 0 Å². The molecule has 1 aliphatic carbocycles. The lowest BCUT2D eigenvalue weighted by Gasteiger charge is -2.50. The molecule has 6 nitrogen and oxygen atoms in total. The van der Waals surface area contributed by atoms with Gasteiger partial charge in [0.25, 0.3) is 0 Å². The minimum absolute atomic E-state index is 0.198. The summed E-state index contributed by atoms with van der Waals surface area (Å²) in [5.74, 6) is 0.393. The Morgan fingerprint density at radius 2 is 2.07 bits per heavy atom. The fourth-order valence-corrected chi connectivity index (χ4v) is 2.60. The van der Waals surface area contributed by atoms with Crippen LogP contribution in [0.25, 0.3) is 0 Å². The van der Waals surface area contributed by atoms with Crippen LogP contribution in [0, 0.1) is 15.7 Å². The molecule has 0 radical (unpaired) electrons. The van der Waals surface area contributed by atoms with Crippen molar-refractivity contribution in [3.8, 4) is 0 Å². The third-order valence-corrected chi connectivity index (χ3v) is 3.53. The Morgan fingerprint density at radius 3 is 2.57 bits per heavy atom. The van der Waals surface area contributed by atoms with Crippen LogP contribution in [0.15, 0.2) is 10.6 Å². The predicted octanol–water partition coefficient (Wildman–Crippen LogP) is 1.13. The van der Waals surface area contributed by atoms with Crippen molar-refractivity contribution in [2.75, 3.05) is 13.6 Å². The molecule has 2 aliphatic rings. The minimum Gasteiger partial charge on any atom is -0.260 e. The van der Waals surface area contributed by atoms with Gasteiger partial charge in [0.1, 0.15) is 0 Å². The van der Waals surface area contributed by atoms with Crippen LogP contribution < -0.4 is 0 Å². The van der Waals surface area contributed by atoms with Gasteiger partial charge >= 0.3 is 0 Å². The van der Waals surface area contributed by atoms with Gasteiger partial charge < -0.3 is 0 Å². The van der Waals surface area contributed by atoms with Crippen LogP contribution in [-0.4, -0.2) is 35.7 Å². The minimum atomic E-state index is 0.198. The first-order valence-corrected chi connectivity index (χ1v) is 4.94. The first-order valence-electron chi connectivity index (χ1n) is 4.94. The number of rotatable bonds is 3. The Morgan fingerprint density at radius 1 is 1.29 bits per heavy atom. The molecular formula is C8H14N4O2. The molecule has 3 unspecified atom stereocenters. The second-order valence-corrected chi connectivity index (χ2v) is 4.06. The van der Waals surface area contributed by atoms with E-state index in [1.54, 1.807) is 12.1 Å². The highest BCUT2D eigenvalue weighted by Gasteiger charge is 2.46. The zero-order valence-electron chi connectivity index (χ0n) is 8.17. The van der Waals surface area contributed by atoms with Gasteiger partial charge in [-0.25, -0.2) is 0 Å². The Hall–Kier alpha value is -1.20. The van der Waals surface area contributed by atoms with Crippen LogP contribution in [-0.2, 0) is 0 Å². The molecule has 6 heteroatoms. The Kier molecular flexibility index (Phi) is 2.35. The first-order chi connectivity index (χ1) is 6.77. The average molecular weight is 198 g/mol. The van der Waals surface area contributed by atoms with Crippen molar-refractivity contribution in [2.24, 2.45) is 16.5 Å². The van der Waals surface area contributed by atoms with E-state index >= 15 is 0 Å². The lowest BCUT2D eigenvalue weighted by Crippen LogP contribution is -2.58. The van der Waals surface area contributed by atoms with E-state index in [0.717, 1.165) is 19.3 Å². The molecular weight excluding hydrogens is 184 g/mol. The van der Waals surface area contributed by atoms with E-state index in [0.29, 0.717) is 12.5 Å². The highest BCUT2D eigenvalue weighted by molar-refractivity contribution is 4.98. The molecule has 2 rings (SSSR count). The van der Waals surface area contributed by atoms with E-state index in [1.807, 2.05) is 0 Å². The highest BCUT2D eigenvalue weighted by Crippen LogP contribution is 2.41. The third kappa shape index (κ3) is 1.25. The fourth-order valence-electron chi connectivity index (χ4n) is 2.60.